The SMILES string of the molecule is COc1ccc(NC(=O)N2CCS[C@H]2c2cc(OC)cc(OC)c2)cc1. The van der Waals surface area contributed by atoms with Crippen LogP contribution < -0.4 is 19.5 Å². The van der Waals surface area contributed by atoms with Crippen LogP contribution in [0.15, 0.2) is 42.5 Å². The Labute approximate surface area is 157 Å². The Bertz CT molecular complexity index is 744. The van der Waals surface area contributed by atoms with Crippen LogP contribution in [0, 0.1) is 0 Å². The summed E-state index contributed by atoms with van der Waals surface area (Å²) >= 11 is 1.72. The van der Waals surface area contributed by atoms with Crippen LogP contribution in [0.4, 0.5) is 10.5 Å². The van der Waals surface area contributed by atoms with Crippen molar-refractivity contribution in [1.29, 1.82) is 0 Å². The monoisotopic (exact) mass is 374 g/mol. The molecule has 1 aliphatic rings. The maximum Gasteiger partial charge on any atom is 0.323 e. The maximum atomic E-state index is 12.8. The highest BCUT2D eigenvalue weighted by atomic mass is 32.2. The van der Waals surface area contributed by atoms with Crippen LogP contribution in [0.25, 0.3) is 0 Å². The average Bonchev–Trinajstić information content (AvgIpc) is 3.18. The first-order valence-electron chi connectivity index (χ1n) is 8.21. The topological polar surface area (TPSA) is 60.0 Å². The number of nitrogens with one attached hydrogen (secondary N) is 1. The molecule has 7 heteroatoms. The molecule has 0 radical (unpaired) electrons. The second-order valence-corrected chi connectivity index (χ2v) is 6.91. The lowest BCUT2D eigenvalue weighted by Crippen LogP contribution is -2.34. The zero-order chi connectivity index (χ0) is 18.5. The maximum absolute atomic E-state index is 12.8. The van der Waals surface area contributed by atoms with E-state index in [0.717, 1.165) is 22.8 Å². The van der Waals surface area contributed by atoms with E-state index in [4.69, 9.17) is 14.2 Å². The lowest BCUT2D eigenvalue weighted by atomic mass is 10.2. The second-order valence-electron chi connectivity index (χ2n) is 5.72. The number of thioether (sulfide) groups is 1. The molecule has 3 rings (SSSR count). The van der Waals surface area contributed by atoms with Crippen molar-refractivity contribution in [2.24, 2.45) is 0 Å². The van der Waals surface area contributed by atoms with E-state index < -0.39 is 0 Å². The molecule has 1 saturated heterocycles. The Balaban J connectivity index is 1.77. The number of hydrogen-bond donors (Lipinski definition) is 1. The molecule has 1 atom stereocenters. The van der Waals surface area contributed by atoms with E-state index in [1.54, 1.807) is 33.1 Å². The fourth-order valence-electron chi connectivity index (χ4n) is 2.80. The lowest BCUT2D eigenvalue weighted by molar-refractivity contribution is 0.214. The number of amides is 2. The van der Waals surface area contributed by atoms with Gasteiger partial charge in [-0.25, -0.2) is 4.79 Å². The number of rotatable bonds is 5. The number of urea groups is 1. The fourth-order valence-corrected chi connectivity index (χ4v) is 4.03. The number of carbonyl (C=O) groups excluding carboxylic acids is 1. The summed E-state index contributed by atoms with van der Waals surface area (Å²) in [7, 11) is 4.85. The molecule has 0 aromatic heterocycles. The van der Waals surface area contributed by atoms with Gasteiger partial charge in [-0.15, -0.1) is 11.8 Å². The quantitative estimate of drug-likeness (QED) is 0.857. The lowest BCUT2D eigenvalue weighted by Gasteiger charge is -2.25. The van der Waals surface area contributed by atoms with E-state index in [1.807, 2.05) is 47.4 Å². The molecule has 0 unspecified atom stereocenters. The number of ether oxygens (including phenoxy) is 3. The molecular formula is C19H22N2O4S. The van der Waals surface area contributed by atoms with Crippen LogP contribution in [-0.4, -0.2) is 44.6 Å². The number of hydrogen-bond acceptors (Lipinski definition) is 5. The predicted octanol–water partition coefficient (Wildman–Crippen LogP) is 3.99. The molecule has 0 saturated carbocycles. The van der Waals surface area contributed by atoms with Crippen molar-refractivity contribution in [3.63, 3.8) is 0 Å². The van der Waals surface area contributed by atoms with E-state index in [9.17, 15) is 4.79 Å². The number of anilines is 1. The van der Waals surface area contributed by atoms with Crippen molar-refractivity contribution in [2.45, 2.75) is 5.37 Å². The summed E-state index contributed by atoms with van der Waals surface area (Å²) in [5, 5.41) is 2.86. The largest absolute Gasteiger partial charge is 0.497 e. The summed E-state index contributed by atoms with van der Waals surface area (Å²) in [5.74, 6) is 3.05. The average molecular weight is 374 g/mol. The third-order valence-corrected chi connectivity index (χ3v) is 5.41. The molecule has 1 heterocycles. The van der Waals surface area contributed by atoms with Crippen LogP contribution in [0.1, 0.15) is 10.9 Å². The van der Waals surface area contributed by atoms with Crippen LogP contribution in [0.5, 0.6) is 17.2 Å². The Morgan fingerprint density at radius 3 is 2.19 bits per heavy atom. The third-order valence-electron chi connectivity index (χ3n) is 4.15. The van der Waals surface area contributed by atoms with E-state index in [-0.39, 0.29) is 11.4 Å². The van der Waals surface area contributed by atoms with Crippen LogP contribution in [0.2, 0.25) is 0 Å². The number of nitrogens with zero attached hydrogens (tertiary/aromatic N) is 1. The number of benzene rings is 2. The predicted molar refractivity (Wildman–Crippen MR) is 103 cm³/mol. The van der Waals surface area contributed by atoms with Crippen molar-refractivity contribution < 1.29 is 19.0 Å². The zero-order valence-electron chi connectivity index (χ0n) is 15.0. The van der Waals surface area contributed by atoms with Gasteiger partial charge >= 0.3 is 6.03 Å². The molecule has 138 valence electrons. The smallest absolute Gasteiger partial charge is 0.323 e. The van der Waals surface area contributed by atoms with Gasteiger partial charge in [0.25, 0.3) is 0 Å². The van der Waals surface area contributed by atoms with Gasteiger partial charge in [-0.3, -0.25) is 0 Å². The Morgan fingerprint density at radius 2 is 1.62 bits per heavy atom. The molecule has 26 heavy (non-hydrogen) atoms. The van der Waals surface area contributed by atoms with Gasteiger partial charge in [-0.05, 0) is 42.0 Å². The molecule has 0 bridgehead atoms. The molecule has 0 spiro atoms. The van der Waals surface area contributed by atoms with Crippen molar-refractivity contribution in [1.82, 2.24) is 4.90 Å². The van der Waals surface area contributed by atoms with Gasteiger partial charge < -0.3 is 24.4 Å². The third kappa shape index (κ3) is 3.99. The molecule has 2 aromatic rings. The molecule has 2 amide bonds. The highest BCUT2D eigenvalue weighted by Crippen LogP contribution is 2.40. The van der Waals surface area contributed by atoms with Gasteiger partial charge in [0, 0.05) is 24.1 Å². The number of methoxy groups -OCH3 is 3. The molecule has 0 aliphatic carbocycles. The van der Waals surface area contributed by atoms with E-state index in [2.05, 4.69) is 5.32 Å². The van der Waals surface area contributed by atoms with Gasteiger partial charge in [0.05, 0.1) is 21.3 Å². The summed E-state index contributed by atoms with van der Waals surface area (Å²) in [5.41, 5.74) is 1.71. The molecule has 1 N–H and O–H groups in total. The van der Waals surface area contributed by atoms with E-state index in [1.165, 1.54) is 0 Å². The normalized spacial score (nSPS) is 16.3. The highest BCUT2D eigenvalue weighted by Gasteiger charge is 2.31. The first kappa shape index (κ1) is 18.3. The summed E-state index contributed by atoms with van der Waals surface area (Å²) in [6.07, 6.45) is 0. The molecule has 1 fully saturated rings. The standard InChI is InChI=1S/C19H22N2O4S/c1-23-15-6-4-14(5-7-15)20-19(22)21-8-9-26-18(21)13-10-16(24-2)12-17(11-13)25-3/h4-7,10-12,18H,8-9H2,1-3H3,(H,20,22)/t18-/m0/s1. The van der Waals surface area contributed by atoms with E-state index in [0.29, 0.717) is 18.0 Å². The van der Waals surface area contributed by atoms with Gasteiger partial charge in [0.15, 0.2) is 0 Å². The van der Waals surface area contributed by atoms with Crippen LogP contribution in [-0.2, 0) is 0 Å². The second kappa shape index (κ2) is 8.23. The van der Waals surface area contributed by atoms with Crippen molar-refractivity contribution in [2.75, 3.05) is 38.9 Å². The minimum Gasteiger partial charge on any atom is -0.497 e. The summed E-state index contributed by atoms with van der Waals surface area (Å²) in [6, 6.07) is 12.9. The first-order chi connectivity index (χ1) is 12.6. The zero-order valence-corrected chi connectivity index (χ0v) is 15.8. The molecular weight excluding hydrogens is 352 g/mol. The van der Waals surface area contributed by atoms with Gasteiger partial charge in [0.2, 0.25) is 0 Å². The van der Waals surface area contributed by atoms with Crippen LogP contribution in [0.3, 0.4) is 0 Å². The minimum absolute atomic E-state index is 0.0859. The summed E-state index contributed by atoms with van der Waals surface area (Å²) in [4.78, 5) is 14.6. The summed E-state index contributed by atoms with van der Waals surface area (Å²) < 4.78 is 15.8. The van der Waals surface area contributed by atoms with Crippen LogP contribution >= 0.6 is 11.8 Å². The minimum atomic E-state index is -0.132. The Kier molecular flexibility index (Phi) is 5.78. The first-order valence-corrected chi connectivity index (χ1v) is 9.25. The van der Waals surface area contributed by atoms with Gasteiger partial charge in [0.1, 0.15) is 22.6 Å². The highest BCUT2D eigenvalue weighted by molar-refractivity contribution is 7.99. The van der Waals surface area contributed by atoms with E-state index >= 15 is 0 Å². The van der Waals surface area contributed by atoms with Crippen molar-refractivity contribution in [3.05, 3.63) is 48.0 Å². The van der Waals surface area contributed by atoms with Gasteiger partial charge in [-0.1, -0.05) is 0 Å². The summed E-state index contributed by atoms with van der Waals surface area (Å²) in [6.45, 7) is 0.677. The Hall–Kier alpha value is -2.54. The number of carbonyl (C=O) groups is 1. The molecule has 2 aromatic carbocycles. The van der Waals surface area contributed by atoms with Crippen molar-refractivity contribution in [3.8, 4) is 17.2 Å². The van der Waals surface area contributed by atoms with Gasteiger partial charge in [-0.2, -0.15) is 0 Å². The molecule has 6 nitrogen and oxygen atoms in total. The Morgan fingerprint density at radius 1 is 1.00 bits per heavy atom. The fraction of sp³-hybridized carbons (Fsp3) is 0.316. The van der Waals surface area contributed by atoms with Crippen molar-refractivity contribution >= 4 is 23.5 Å². The molecule has 1 aliphatic heterocycles.